The highest BCUT2D eigenvalue weighted by Gasteiger charge is 2.16. The Hall–Kier alpha value is -1.88. The van der Waals surface area contributed by atoms with E-state index in [0.717, 1.165) is 0 Å². The summed E-state index contributed by atoms with van der Waals surface area (Å²) in [6.45, 7) is 2.07. The van der Waals surface area contributed by atoms with Gasteiger partial charge in [-0.3, -0.25) is 4.79 Å². The van der Waals surface area contributed by atoms with Crippen molar-refractivity contribution in [1.82, 2.24) is 4.72 Å². The molecule has 0 aliphatic carbocycles. The minimum atomic E-state index is -3.64. The van der Waals surface area contributed by atoms with Crippen LogP contribution in [0.4, 0.5) is 0 Å². The molecule has 0 unspecified atom stereocenters. The van der Waals surface area contributed by atoms with Crippen LogP contribution in [0.15, 0.2) is 23.1 Å². The highest BCUT2D eigenvalue weighted by molar-refractivity contribution is 7.89. The van der Waals surface area contributed by atoms with Gasteiger partial charge in [-0.05, 0) is 31.0 Å². The minimum absolute atomic E-state index is 0.142. The van der Waals surface area contributed by atoms with E-state index in [1.165, 1.54) is 6.07 Å². The number of rotatable bonds is 6. The van der Waals surface area contributed by atoms with E-state index in [4.69, 9.17) is 11.5 Å². The summed E-state index contributed by atoms with van der Waals surface area (Å²) in [5.74, 6) is 5.02. The zero-order valence-electron chi connectivity index (χ0n) is 11.8. The van der Waals surface area contributed by atoms with E-state index in [1.54, 1.807) is 19.1 Å². The van der Waals surface area contributed by atoms with E-state index < -0.39 is 15.9 Å². The smallest absolute Gasteiger partial charge is 0.240 e. The lowest BCUT2D eigenvalue weighted by atomic mass is 10.1. The molecule has 0 aliphatic heterocycles. The first-order valence-electron chi connectivity index (χ1n) is 6.44. The Kier molecular flexibility index (Phi) is 6.37. The molecule has 0 atom stereocenters. The van der Waals surface area contributed by atoms with Crippen LogP contribution in [-0.4, -0.2) is 27.4 Å². The van der Waals surface area contributed by atoms with Gasteiger partial charge in [-0.25, -0.2) is 13.1 Å². The van der Waals surface area contributed by atoms with E-state index >= 15 is 0 Å². The molecule has 1 rings (SSSR count). The Morgan fingerprint density at radius 2 is 2.10 bits per heavy atom. The number of sulfonamides is 1. The van der Waals surface area contributed by atoms with E-state index in [-0.39, 0.29) is 24.4 Å². The molecule has 7 heteroatoms. The Morgan fingerprint density at radius 3 is 2.71 bits per heavy atom. The maximum absolute atomic E-state index is 12.2. The molecule has 6 nitrogen and oxygen atoms in total. The van der Waals surface area contributed by atoms with Crippen molar-refractivity contribution in [2.75, 3.05) is 13.1 Å². The fourth-order valence-corrected chi connectivity index (χ4v) is 3.01. The number of hydrogen-bond acceptors (Lipinski definition) is 4. The summed E-state index contributed by atoms with van der Waals surface area (Å²) in [5.41, 5.74) is 11.5. The molecule has 114 valence electrons. The van der Waals surface area contributed by atoms with Gasteiger partial charge in [-0.15, -0.1) is 0 Å². The number of benzene rings is 1. The minimum Gasteiger partial charge on any atom is -0.370 e. The molecule has 0 saturated heterocycles. The molecule has 0 bridgehead atoms. The Bertz CT molecular complexity index is 672. The average molecular weight is 309 g/mol. The number of primary amides is 1. The van der Waals surface area contributed by atoms with Crippen LogP contribution in [0.25, 0.3) is 0 Å². The molecule has 1 aromatic rings. The third-order valence-corrected chi connectivity index (χ3v) is 4.31. The Labute approximate surface area is 125 Å². The SMILES string of the molecule is Cc1ccc(C#CCN)cc1S(=O)(=O)NCCCC(N)=O. The molecule has 1 aromatic carbocycles. The van der Waals surface area contributed by atoms with Crippen molar-refractivity contribution in [2.24, 2.45) is 11.5 Å². The molecule has 0 aliphatic rings. The van der Waals surface area contributed by atoms with Crippen molar-refractivity contribution in [3.63, 3.8) is 0 Å². The fourth-order valence-electron chi connectivity index (χ4n) is 1.67. The Balaban J connectivity index is 2.89. The van der Waals surface area contributed by atoms with Crippen LogP contribution in [0.3, 0.4) is 0 Å². The van der Waals surface area contributed by atoms with Crippen LogP contribution >= 0.6 is 0 Å². The molecule has 0 aromatic heterocycles. The number of amides is 1. The van der Waals surface area contributed by atoms with Gasteiger partial charge in [0.15, 0.2) is 0 Å². The summed E-state index contributed by atoms with van der Waals surface area (Å²) in [5, 5.41) is 0. The van der Waals surface area contributed by atoms with Crippen molar-refractivity contribution in [3.8, 4) is 11.8 Å². The van der Waals surface area contributed by atoms with Crippen LogP contribution in [0, 0.1) is 18.8 Å². The van der Waals surface area contributed by atoms with Gasteiger partial charge in [-0.1, -0.05) is 17.9 Å². The topological polar surface area (TPSA) is 115 Å². The summed E-state index contributed by atoms with van der Waals surface area (Å²) in [6, 6.07) is 4.94. The molecule has 0 fully saturated rings. The number of carbonyl (C=O) groups is 1. The third-order valence-electron chi connectivity index (χ3n) is 2.70. The second kappa shape index (κ2) is 7.78. The fraction of sp³-hybridized carbons (Fsp3) is 0.357. The average Bonchev–Trinajstić information content (AvgIpc) is 2.42. The normalized spacial score (nSPS) is 10.8. The first-order valence-corrected chi connectivity index (χ1v) is 7.92. The number of carbonyl (C=O) groups excluding carboxylic acids is 1. The lowest BCUT2D eigenvalue weighted by Gasteiger charge is -2.09. The molecule has 0 saturated carbocycles. The third kappa shape index (κ3) is 5.55. The van der Waals surface area contributed by atoms with Crippen molar-refractivity contribution >= 4 is 15.9 Å². The summed E-state index contributed by atoms with van der Waals surface area (Å²) >= 11 is 0. The van der Waals surface area contributed by atoms with Crippen LogP contribution in [0.2, 0.25) is 0 Å². The predicted octanol–water partition coefficient (Wildman–Crippen LogP) is -0.151. The van der Waals surface area contributed by atoms with Crippen molar-refractivity contribution < 1.29 is 13.2 Å². The van der Waals surface area contributed by atoms with Crippen LogP contribution in [0.5, 0.6) is 0 Å². The quantitative estimate of drug-likeness (QED) is 0.500. The molecule has 0 radical (unpaired) electrons. The van der Waals surface area contributed by atoms with E-state index in [1.807, 2.05) is 0 Å². The van der Waals surface area contributed by atoms with Gasteiger partial charge < -0.3 is 11.5 Å². The standard InChI is InChI=1S/C14H19N3O3S/c1-11-6-7-12(4-2-8-15)10-13(11)21(19,20)17-9-3-5-14(16)18/h6-7,10,17H,3,5,8-9,15H2,1H3,(H2,16,18). The number of hydrogen-bond donors (Lipinski definition) is 3. The molecule has 21 heavy (non-hydrogen) atoms. The van der Waals surface area contributed by atoms with Gasteiger partial charge in [0.1, 0.15) is 0 Å². The maximum Gasteiger partial charge on any atom is 0.240 e. The monoisotopic (exact) mass is 309 g/mol. The number of nitrogens with one attached hydrogen (secondary N) is 1. The van der Waals surface area contributed by atoms with E-state index in [2.05, 4.69) is 16.6 Å². The van der Waals surface area contributed by atoms with Gasteiger partial charge in [0.25, 0.3) is 0 Å². The van der Waals surface area contributed by atoms with E-state index in [9.17, 15) is 13.2 Å². The molecule has 0 spiro atoms. The summed E-state index contributed by atoms with van der Waals surface area (Å²) in [7, 11) is -3.64. The summed E-state index contributed by atoms with van der Waals surface area (Å²) in [6.07, 6.45) is 0.504. The Morgan fingerprint density at radius 1 is 1.38 bits per heavy atom. The largest absolute Gasteiger partial charge is 0.370 e. The zero-order chi connectivity index (χ0) is 15.9. The van der Waals surface area contributed by atoms with Gasteiger partial charge in [0.2, 0.25) is 15.9 Å². The number of nitrogens with two attached hydrogens (primary N) is 2. The second-order valence-electron chi connectivity index (χ2n) is 4.45. The van der Waals surface area contributed by atoms with E-state index in [0.29, 0.717) is 17.5 Å². The second-order valence-corrected chi connectivity index (χ2v) is 6.19. The number of aryl methyl sites for hydroxylation is 1. The van der Waals surface area contributed by atoms with Crippen LogP contribution in [-0.2, 0) is 14.8 Å². The van der Waals surface area contributed by atoms with Crippen molar-refractivity contribution in [2.45, 2.75) is 24.7 Å². The van der Waals surface area contributed by atoms with Crippen molar-refractivity contribution in [3.05, 3.63) is 29.3 Å². The lowest BCUT2D eigenvalue weighted by molar-refractivity contribution is -0.118. The molecular formula is C14H19N3O3S. The maximum atomic E-state index is 12.2. The lowest BCUT2D eigenvalue weighted by Crippen LogP contribution is -2.26. The highest BCUT2D eigenvalue weighted by atomic mass is 32.2. The zero-order valence-corrected chi connectivity index (χ0v) is 12.7. The van der Waals surface area contributed by atoms with Crippen molar-refractivity contribution in [1.29, 1.82) is 0 Å². The molecule has 5 N–H and O–H groups in total. The molecule has 1 amide bonds. The predicted molar refractivity (Wildman–Crippen MR) is 80.7 cm³/mol. The van der Waals surface area contributed by atoms with Gasteiger partial charge in [-0.2, -0.15) is 0 Å². The van der Waals surface area contributed by atoms with Gasteiger partial charge in [0.05, 0.1) is 11.4 Å². The van der Waals surface area contributed by atoms with Gasteiger partial charge >= 0.3 is 0 Å². The summed E-state index contributed by atoms with van der Waals surface area (Å²) in [4.78, 5) is 10.8. The highest BCUT2D eigenvalue weighted by Crippen LogP contribution is 2.16. The summed E-state index contributed by atoms with van der Waals surface area (Å²) < 4.78 is 26.9. The molecule has 0 heterocycles. The van der Waals surface area contributed by atoms with Crippen LogP contribution in [0.1, 0.15) is 24.0 Å². The first-order chi connectivity index (χ1) is 9.86. The van der Waals surface area contributed by atoms with Crippen LogP contribution < -0.4 is 16.2 Å². The first kappa shape index (κ1) is 17.2. The molecular weight excluding hydrogens is 290 g/mol. The van der Waals surface area contributed by atoms with Gasteiger partial charge in [0, 0.05) is 18.5 Å².